The Morgan fingerprint density at radius 3 is 2.83 bits per heavy atom. The van der Waals surface area contributed by atoms with E-state index in [0.29, 0.717) is 0 Å². The van der Waals surface area contributed by atoms with Crippen LogP contribution in [0.1, 0.15) is 29.2 Å². The van der Waals surface area contributed by atoms with E-state index in [9.17, 15) is 9.90 Å². The minimum absolute atomic E-state index is 0.134. The van der Waals surface area contributed by atoms with Gasteiger partial charge in [0.05, 0.1) is 17.3 Å². The molecule has 2 rings (SSSR count). The molecule has 0 atom stereocenters. The molecular weight excluding hydrogens is 250 g/mol. The fourth-order valence-electron chi connectivity index (χ4n) is 1.51. The van der Waals surface area contributed by atoms with Gasteiger partial charge < -0.3 is 10.4 Å². The van der Waals surface area contributed by atoms with Gasteiger partial charge in [0.1, 0.15) is 10.8 Å². The van der Waals surface area contributed by atoms with E-state index in [2.05, 4.69) is 15.3 Å². The van der Waals surface area contributed by atoms with E-state index < -0.39 is 5.54 Å². The number of rotatable bonds is 3. The van der Waals surface area contributed by atoms with Crippen LogP contribution >= 0.6 is 11.3 Å². The molecule has 0 aliphatic carbocycles. The highest BCUT2D eigenvalue weighted by Crippen LogP contribution is 2.23. The Morgan fingerprint density at radius 1 is 1.44 bits per heavy atom. The highest BCUT2D eigenvalue weighted by Gasteiger charge is 2.26. The first-order valence-corrected chi connectivity index (χ1v) is 6.24. The normalized spacial score (nSPS) is 11.2. The molecule has 94 valence electrons. The summed E-state index contributed by atoms with van der Waals surface area (Å²) in [5.74, 6) is -0.486. The van der Waals surface area contributed by atoms with Crippen LogP contribution in [-0.4, -0.2) is 21.0 Å². The van der Waals surface area contributed by atoms with Gasteiger partial charge in [0.2, 0.25) is 0 Å². The molecule has 2 heterocycles. The van der Waals surface area contributed by atoms with E-state index >= 15 is 0 Å². The molecule has 0 radical (unpaired) electrons. The third-order valence-corrected chi connectivity index (χ3v) is 3.53. The lowest BCUT2D eigenvalue weighted by atomic mass is 10.1. The van der Waals surface area contributed by atoms with E-state index in [0.717, 1.165) is 5.01 Å². The fourth-order valence-corrected chi connectivity index (χ4v) is 2.23. The second-order valence-corrected chi connectivity index (χ2v) is 5.20. The predicted molar refractivity (Wildman–Crippen MR) is 68.5 cm³/mol. The van der Waals surface area contributed by atoms with Crippen molar-refractivity contribution < 1.29 is 9.90 Å². The monoisotopic (exact) mass is 263 g/mol. The number of hydrogen-bond acceptors (Lipinski definition) is 5. The fraction of sp³-hybridized carbons (Fsp3) is 0.250. The van der Waals surface area contributed by atoms with E-state index in [1.54, 1.807) is 6.20 Å². The minimum Gasteiger partial charge on any atom is -0.505 e. The number of amides is 1. The molecule has 0 saturated heterocycles. The van der Waals surface area contributed by atoms with E-state index in [1.807, 2.05) is 19.2 Å². The van der Waals surface area contributed by atoms with Crippen LogP contribution in [0.4, 0.5) is 0 Å². The van der Waals surface area contributed by atoms with Crippen molar-refractivity contribution in [3.63, 3.8) is 0 Å². The second-order valence-electron chi connectivity index (χ2n) is 4.31. The average Bonchev–Trinajstić information content (AvgIpc) is 2.82. The highest BCUT2D eigenvalue weighted by atomic mass is 32.1. The SMILES string of the molecule is CC(C)(NC(=O)c1ccncc1O)c1nccs1. The van der Waals surface area contributed by atoms with Gasteiger partial charge in [-0.2, -0.15) is 0 Å². The average molecular weight is 263 g/mol. The molecule has 0 fully saturated rings. The Kier molecular flexibility index (Phi) is 3.29. The van der Waals surface area contributed by atoms with Crippen molar-refractivity contribution in [3.05, 3.63) is 40.6 Å². The van der Waals surface area contributed by atoms with Gasteiger partial charge in [-0.3, -0.25) is 9.78 Å². The van der Waals surface area contributed by atoms with Crippen molar-refractivity contribution in [3.8, 4) is 5.75 Å². The largest absolute Gasteiger partial charge is 0.505 e. The second kappa shape index (κ2) is 4.73. The molecule has 0 aromatic carbocycles. The Bertz CT molecular complexity index is 552. The van der Waals surface area contributed by atoms with Crippen molar-refractivity contribution in [2.75, 3.05) is 0 Å². The number of hydrogen-bond donors (Lipinski definition) is 2. The summed E-state index contributed by atoms with van der Waals surface area (Å²) >= 11 is 1.47. The number of thiazole rings is 1. The van der Waals surface area contributed by atoms with Gasteiger partial charge in [-0.1, -0.05) is 0 Å². The van der Waals surface area contributed by atoms with Crippen LogP contribution in [0.5, 0.6) is 5.75 Å². The molecule has 2 N–H and O–H groups in total. The maximum Gasteiger partial charge on any atom is 0.255 e. The zero-order chi connectivity index (χ0) is 13.2. The van der Waals surface area contributed by atoms with Gasteiger partial charge in [0.25, 0.3) is 5.91 Å². The van der Waals surface area contributed by atoms with E-state index in [-0.39, 0.29) is 17.2 Å². The Labute approximate surface area is 109 Å². The molecule has 0 bridgehead atoms. The number of carbonyl (C=O) groups is 1. The van der Waals surface area contributed by atoms with Gasteiger partial charge in [-0.25, -0.2) is 4.98 Å². The molecule has 1 amide bonds. The van der Waals surface area contributed by atoms with Crippen molar-refractivity contribution >= 4 is 17.2 Å². The zero-order valence-corrected chi connectivity index (χ0v) is 10.9. The first-order chi connectivity index (χ1) is 8.50. The summed E-state index contributed by atoms with van der Waals surface area (Å²) in [5.41, 5.74) is -0.379. The maximum absolute atomic E-state index is 12.1. The van der Waals surface area contributed by atoms with Gasteiger partial charge in [0, 0.05) is 17.8 Å². The summed E-state index contributed by atoms with van der Waals surface area (Å²) < 4.78 is 0. The molecule has 2 aromatic heterocycles. The van der Waals surface area contributed by atoms with E-state index in [1.165, 1.54) is 29.8 Å². The summed E-state index contributed by atoms with van der Waals surface area (Å²) in [6, 6.07) is 1.47. The molecule has 2 aromatic rings. The first kappa shape index (κ1) is 12.5. The molecule has 0 spiro atoms. The van der Waals surface area contributed by atoms with Crippen molar-refractivity contribution in [2.45, 2.75) is 19.4 Å². The molecular formula is C12H13N3O2S. The molecule has 0 aliphatic heterocycles. The standard InChI is InChI=1S/C12H13N3O2S/c1-12(2,11-14-5-6-18-11)15-10(17)8-3-4-13-7-9(8)16/h3-7,16H,1-2H3,(H,15,17). The quantitative estimate of drug-likeness (QED) is 0.887. The Hall–Kier alpha value is -1.95. The number of pyridine rings is 1. The lowest BCUT2D eigenvalue weighted by Crippen LogP contribution is -2.40. The van der Waals surface area contributed by atoms with Crippen molar-refractivity contribution in [1.29, 1.82) is 0 Å². The summed E-state index contributed by atoms with van der Waals surface area (Å²) in [5, 5.41) is 15.1. The summed E-state index contributed by atoms with van der Waals surface area (Å²) in [6.45, 7) is 3.73. The lowest BCUT2D eigenvalue weighted by Gasteiger charge is -2.23. The van der Waals surface area contributed by atoms with Crippen LogP contribution in [-0.2, 0) is 5.54 Å². The molecule has 5 nitrogen and oxygen atoms in total. The zero-order valence-electron chi connectivity index (χ0n) is 10.0. The number of nitrogens with one attached hydrogen (secondary N) is 1. The molecule has 18 heavy (non-hydrogen) atoms. The third-order valence-electron chi connectivity index (χ3n) is 2.44. The molecule has 0 aliphatic rings. The van der Waals surface area contributed by atoms with Gasteiger partial charge in [0.15, 0.2) is 0 Å². The smallest absolute Gasteiger partial charge is 0.255 e. The number of aromatic nitrogens is 2. The van der Waals surface area contributed by atoms with Crippen LogP contribution in [0.3, 0.4) is 0 Å². The number of nitrogens with zero attached hydrogens (tertiary/aromatic N) is 2. The van der Waals surface area contributed by atoms with Crippen LogP contribution in [0.15, 0.2) is 30.0 Å². The van der Waals surface area contributed by atoms with Crippen molar-refractivity contribution in [2.24, 2.45) is 0 Å². The molecule has 6 heteroatoms. The Morgan fingerprint density at radius 2 is 2.22 bits per heavy atom. The van der Waals surface area contributed by atoms with Crippen LogP contribution in [0.2, 0.25) is 0 Å². The maximum atomic E-state index is 12.1. The summed E-state index contributed by atoms with van der Waals surface area (Å²) in [7, 11) is 0. The van der Waals surface area contributed by atoms with Crippen LogP contribution < -0.4 is 5.32 Å². The van der Waals surface area contributed by atoms with E-state index in [4.69, 9.17) is 0 Å². The third kappa shape index (κ3) is 2.48. The topological polar surface area (TPSA) is 75.1 Å². The van der Waals surface area contributed by atoms with Crippen LogP contribution in [0, 0.1) is 0 Å². The van der Waals surface area contributed by atoms with Gasteiger partial charge >= 0.3 is 0 Å². The van der Waals surface area contributed by atoms with Crippen molar-refractivity contribution in [1.82, 2.24) is 15.3 Å². The summed E-state index contributed by atoms with van der Waals surface area (Å²) in [6.07, 6.45) is 4.40. The first-order valence-electron chi connectivity index (χ1n) is 5.36. The predicted octanol–water partition coefficient (Wildman–Crippen LogP) is 1.91. The van der Waals surface area contributed by atoms with Crippen LogP contribution in [0.25, 0.3) is 0 Å². The number of aromatic hydroxyl groups is 1. The Balaban J connectivity index is 2.20. The lowest BCUT2D eigenvalue weighted by molar-refractivity contribution is 0.0909. The molecule has 0 unspecified atom stereocenters. The number of carbonyl (C=O) groups excluding carboxylic acids is 1. The minimum atomic E-state index is -0.582. The highest BCUT2D eigenvalue weighted by molar-refractivity contribution is 7.09. The van der Waals surface area contributed by atoms with Gasteiger partial charge in [-0.05, 0) is 19.9 Å². The molecule has 0 saturated carbocycles. The van der Waals surface area contributed by atoms with Gasteiger partial charge in [-0.15, -0.1) is 11.3 Å². The summed E-state index contributed by atoms with van der Waals surface area (Å²) in [4.78, 5) is 20.0.